The van der Waals surface area contributed by atoms with E-state index < -0.39 is 5.82 Å². The molecule has 3 aromatic rings. The van der Waals surface area contributed by atoms with Crippen LogP contribution in [-0.2, 0) is 0 Å². The Morgan fingerprint density at radius 2 is 1.96 bits per heavy atom. The average Bonchev–Trinajstić information content (AvgIpc) is 2.95. The molecule has 0 fully saturated rings. The number of halogens is 4. The van der Waals surface area contributed by atoms with Gasteiger partial charge in [-0.05, 0) is 41.9 Å². The number of hydrogen-bond donors (Lipinski definition) is 1. The van der Waals surface area contributed by atoms with E-state index in [4.69, 9.17) is 23.2 Å². The highest BCUT2D eigenvalue weighted by Crippen LogP contribution is 2.39. The zero-order valence-electron chi connectivity index (χ0n) is 13.3. The van der Waals surface area contributed by atoms with Gasteiger partial charge in [-0.15, -0.1) is 0 Å². The summed E-state index contributed by atoms with van der Waals surface area (Å²) in [6.07, 6.45) is 3.30. The second-order valence-electron chi connectivity index (χ2n) is 5.54. The van der Waals surface area contributed by atoms with Crippen molar-refractivity contribution in [2.45, 2.75) is 19.9 Å². The lowest BCUT2D eigenvalue weighted by atomic mass is 10.1. The third-order valence-electron chi connectivity index (χ3n) is 3.25. The summed E-state index contributed by atoms with van der Waals surface area (Å²) in [7, 11) is 0. The van der Waals surface area contributed by atoms with Crippen LogP contribution in [0.25, 0.3) is 17.1 Å². The number of anilines is 1. The van der Waals surface area contributed by atoms with Gasteiger partial charge in [-0.25, -0.2) is 9.07 Å². The highest BCUT2D eigenvalue weighted by molar-refractivity contribution is 9.10. The number of hydrogen-bond acceptors (Lipinski definition) is 4. The van der Waals surface area contributed by atoms with Crippen molar-refractivity contribution in [2.75, 3.05) is 5.32 Å². The van der Waals surface area contributed by atoms with Gasteiger partial charge in [0.15, 0.2) is 0 Å². The molecule has 9 heteroatoms. The first-order chi connectivity index (χ1) is 11.9. The molecule has 3 rings (SSSR count). The van der Waals surface area contributed by atoms with Crippen molar-refractivity contribution in [3.05, 3.63) is 51.1 Å². The number of benzene rings is 1. The van der Waals surface area contributed by atoms with E-state index in [1.165, 1.54) is 16.8 Å². The zero-order valence-corrected chi connectivity index (χ0v) is 16.4. The molecule has 0 saturated heterocycles. The maximum absolute atomic E-state index is 14.4. The Hall–Kier alpha value is -1.70. The van der Waals surface area contributed by atoms with Crippen LogP contribution >= 0.6 is 39.1 Å². The van der Waals surface area contributed by atoms with Gasteiger partial charge in [0.1, 0.15) is 16.8 Å². The van der Waals surface area contributed by atoms with E-state index in [9.17, 15) is 4.39 Å². The first kappa shape index (κ1) is 18.1. The predicted octanol–water partition coefficient (Wildman–Crippen LogP) is 5.36. The molecule has 0 saturated carbocycles. The molecule has 0 aliphatic heterocycles. The molecule has 2 heterocycles. The quantitative estimate of drug-likeness (QED) is 0.550. The fraction of sp³-hybridized carbons (Fsp3) is 0.188. The summed E-state index contributed by atoms with van der Waals surface area (Å²) in [5.41, 5.74) is 0.471. The molecule has 0 radical (unpaired) electrons. The molecule has 0 atom stereocenters. The van der Waals surface area contributed by atoms with E-state index in [2.05, 4.69) is 36.3 Å². The van der Waals surface area contributed by atoms with Gasteiger partial charge >= 0.3 is 0 Å². The molecule has 0 aliphatic rings. The van der Waals surface area contributed by atoms with Crippen LogP contribution in [0.2, 0.25) is 10.2 Å². The summed E-state index contributed by atoms with van der Waals surface area (Å²) in [6.45, 7) is 3.87. The lowest BCUT2D eigenvalue weighted by molar-refractivity contribution is 0.631. The van der Waals surface area contributed by atoms with Gasteiger partial charge in [-0.3, -0.25) is 0 Å². The molecular formula is C16H13BrCl2FN5. The molecular weight excluding hydrogens is 432 g/mol. The van der Waals surface area contributed by atoms with Crippen LogP contribution in [0.5, 0.6) is 0 Å². The fourth-order valence-corrected chi connectivity index (χ4v) is 3.07. The molecule has 25 heavy (non-hydrogen) atoms. The first-order valence-electron chi connectivity index (χ1n) is 7.36. The van der Waals surface area contributed by atoms with Crippen molar-refractivity contribution < 1.29 is 4.39 Å². The highest BCUT2D eigenvalue weighted by atomic mass is 79.9. The van der Waals surface area contributed by atoms with Gasteiger partial charge < -0.3 is 5.32 Å². The van der Waals surface area contributed by atoms with Crippen LogP contribution in [0.4, 0.5) is 10.2 Å². The summed E-state index contributed by atoms with van der Waals surface area (Å²) in [5.74, 6) is 0.137. The number of aromatic nitrogens is 4. The molecule has 0 amide bonds. The van der Waals surface area contributed by atoms with Gasteiger partial charge in [-0.2, -0.15) is 15.1 Å². The van der Waals surface area contributed by atoms with Crippen LogP contribution in [-0.4, -0.2) is 25.8 Å². The van der Waals surface area contributed by atoms with E-state index in [0.717, 1.165) is 4.47 Å². The Morgan fingerprint density at radius 1 is 1.20 bits per heavy atom. The smallest absolute Gasteiger partial charge is 0.253 e. The molecule has 1 N–H and O–H groups in total. The fourth-order valence-electron chi connectivity index (χ4n) is 2.27. The second-order valence-corrected chi connectivity index (χ2v) is 7.22. The van der Waals surface area contributed by atoms with Crippen molar-refractivity contribution in [2.24, 2.45) is 0 Å². The minimum atomic E-state index is -0.501. The van der Waals surface area contributed by atoms with Crippen LogP contribution in [0, 0.1) is 5.82 Å². The average molecular weight is 445 g/mol. The lowest BCUT2D eigenvalue weighted by Gasteiger charge is -2.17. The standard InChI is InChI=1S/C16H13BrCl2FN5/c1-8(2)22-15-13(12-10(18)4-3-5-11(12)20)14(19)23-16(24-15)25-7-9(17)6-21-25/h3-8H,1-2H3,(H,22,23,24). The molecule has 0 spiro atoms. The van der Waals surface area contributed by atoms with Crippen LogP contribution in [0.1, 0.15) is 13.8 Å². The molecule has 0 unspecified atom stereocenters. The zero-order chi connectivity index (χ0) is 18.1. The van der Waals surface area contributed by atoms with Gasteiger partial charge in [0.2, 0.25) is 0 Å². The number of rotatable bonds is 4. The van der Waals surface area contributed by atoms with Crippen molar-refractivity contribution in [1.29, 1.82) is 0 Å². The van der Waals surface area contributed by atoms with Crippen molar-refractivity contribution >= 4 is 44.9 Å². The van der Waals surface area contributed by atoms with Crippen molar-refractivity contribution in [1.82, 2.24) is 19.7 Å². The van der Waals surface area contributed by atoms with Crippen LogP contribution in [0.3, 0.4) is 0 Å². The molecule has 1 aromatic carbocycles. The van der Waals surface area contributed by atoms with E-state index in [1.54, 1.807) is 18.5 Å². The number of nitrogens with one attached hydrogen (secondary N) is 1. The Balaban J connectivity index is 2.24. The summed E-state index contributed by atoms with van der Waals surface area (Å²) in [4.78, 5) is 8.72. The van der Waals surface area contributed by atoms with E-state index >= 15 is 0 Å². The summed E-state index contributed by atoms with van der Waals surface area (Å²) in [5, 5.41) is 7.62. The van der Waals surface area contributed by atoms with Gasteiger partial charge in [-0.1, -0.05) is 29.3 Å². The Bertz CT molecular complexity index is 909. The maximum atomic E-state index is 14.4. The van der Waals surface area contributed by atoms with Crippen LogP contribution < -0.4 is 5.32 Å². The highest BCUT2D eigenvalue weighted by Gasteiger charge is 2.22. The van der Waals surface area contributed by atoms with E-state index in [0.29, 0.717) is 11.4 Å². The summed E-state index contributed by atoms with van der Waals surface area (Å²) in [6, 6.07) is 4.47. The topological polar surface area (TPSA) is 55.6 Å². The predicted molar refractivity (Wildman–Crippen MR) is 101 cm³/mol. The normalized spacial score (nSPS) is 11.2. The van der Waals surface area contributed by atoms with E-state index in [1.807, 2.05) is 13.8 Å². The minimum absolute atomic E-state index is 0.0347. The van der Waals surface area contributed by atoms with Crippen LogP contribution in [0.15, 0.2) is 35.1 Å². The summed E-state index contributed by atoms with van der Waals surface area (Å²) < 4.78 is 16.6. The monoisotopic (exact) mass is 443 g/mol. The molecule has 0 aliphatic carbocycles. The molecule has 5 nitrogen and oxygen atoms in total. The first-order valence-corrected chi connectivity index (χ1v) is 8.90. The van der Waals surface area contributed by atoms with Gasteiger partial charge in [0.25, 0.3) is 5.95 Å². The Morgan fingerprint density at radius 3 is 2.56 bits per heavy atom. The van der Waals surface area contributed by atoms with Crippen molar-refractivity contribution in [3.8, 4) is 17.1 Å². The second kappa shape index (κ2) is 7.27. The Labute approximate surface area is 162 Å². The van der Waals surface area contributed by atoms with Crippen molar-refractivity contribution in [3.63, 3.8) is 0 Å². The van der Waals surface area contributed by atoms with Gasteiger partial charge in [0.05, 0.1) is 21.3 Å². The number of nitrogens with zero attached hydrogens (tertiary/aromatic N) is 4. The summed E-state index contributed by atoms with van der Waals surface area (Å²) >= 11 is 15.9. The Kier molecular flexibility index (Phi) is 5.27. The largest absolute Gasteiger partial charge is 0.367 e. The van der Waals surface area contributed by atoms with E-state index in [-0.39, 0.29) is 27.7 Å². The van der Waals surface area contributed by atoms with Gasteiger partial charge in [0, 0.05) is 17.8 Å². The SMILES string of the molecule is CC(C)Nc1nc(-n2cc(Br)cn2)nc(Cl)c1-c1c(F)cccc1Cl. The molecule has 0 bridgehead atoms. The minimum Gasteiger partial charge on any atom is -0.367 e. The third kappa shape index (κ3) is 3.78. The molecule has 2 aromatic heterocycles. The lowest BCUT2D eigenvalue weighted by Crippen LogP contribution is -2.15. The molecule has 130 valence electrons. The maximum Gasteiger partial charge on any atom is 0.253 e. The third-order valence-corrected chi connectivity index (χ3v) is 4.25.